The minimum atomic E-state index is -0.526. The van der Waals surface area contributed by atoms with Gasteiger partial charge in [-0.15, -0.1) is 0 Å². The zero-order chi connectivity index (χ0) is 33.8. The van der Waals surface area contributed by atoms with Crippen molar-refractivity contribution in [2.75, 3.05) is 36.2 Å². The van der Waals surface area contributed by atoms with Crippen LogP contribution < -0.4 is 11.5 Å². The van der Waals surface area contributed by atoms with Gasteiger partial charge in [-0.1, -0.05) is 63.1 Å². The monoisotopic (exact) mass is 692 g/mol. The van der Waals surface area contributed by atoms with Gasteiger partial charge in [-0.2, -0.15) is 23.5 Å². The number of nitrogens with two attached hydrogens (primary N) is 2. The fourth-order valence-corrected chi connectivity index (χ4v) is 12.3. The number of hydrogen-bond donors (Lipinski definition) is 4. The van der Waals surface area contributed by atoms with Gasteiger partial charge < -0.3 is 21.7 Å². The molecule has 0 bridgehead atoms. The lowest BCUT2D eigenvalue weighted by molar-refractivity contribution is 0.114. The van der Waals surface area contributed by atoms with Crippen LogP contribution in [0.5, 0.6) is 0 Å². The standard InChI is InChI=1S/C42H64N2O2S2/c1-3-4-5-17-47-26-31-7-9-35-22-37(13-11-33(35)20-31)39-23-40(2,42(44,25-39)28-46)29-48-18-15-30-6-8-34-21-36(12-10-32(34)19-30)38-14-16-41(43,24-38)27-45/h10-13,21-22,30-31,38-39,45-46H,3-9,14-20,23-29,43-44H2,1-2H3/t30-,31-,38+,39+,40?,41-,42-/m1/s1. The minimum absolute atomic E-state index is 0.0671. The Balaban J connectivity index is 0.978. The van der Waals surface area contributed by atoms with Gasteiger partial charge in [-0.25, -0.2) is 0 Å². The smallest absolute Gasteiger partial charge is 0.0617 e. The first-order valence-electron chi connectivity index (χ1n) is 19.3. The number of unbranched alkanes of at least 4 members (excludes halogenated alkanes) is 2. The van der Waals surface area contributed by atoms with Crippen molar-refractivity contribution in [2.24, 2.45) is 28.7 Å². The third kappa shape index (κ3) is 8.37. The molecule has 2 fully saturated rings. The Bertz CT molecular complexity index is 1370. The molecule has 48 heavy (non-hydrogen) atoms. The van der Waals surface area contributed by atoms with Crippen molar-refractivity contribution < 1.29 is 10.2 Å². The van der Waals surface area contributed by atoms with Gasteiger partial charge in [-0.05, 0) is 163 Å². The first kappa shape index (κ1) is 36.8. The molecule has 0 amide bonds. The first-order chi connectivity index (χ1) is 23.2. The molecule has 1 unspecified atom stereocenters. The summed E-state index contributed by atoms with van der Waals surface area (Å²) < 4.78 is 0. The number of rotatable bonds is 15. The number of thioether (sulfide) groups is 2. The van der Waals surface area contributed by atoms with Crippen molar-refractivity contribution in [1.29, 1.82) is 0 Å². The van der Waals surface area contributed by atoms with Crippen LogP contribution in [0, 0.1) is 17.3 Å². The minimum Gasteiger partial charge on any atom is -0.394 e. The summed E-state index contributed by atoms with van der Waals surface area (Å²) in [6.45, 7) is 4.80. The number of aliphatic hydroxyl groups excluding tert-OH is 2. The second kappa shape index (κ2) is 16.1. The molecule has 2 aromatic carbocycles. The zero-order valence-corrected chi connectivity index (χ0v) is 31.6. The molecule has 4 aliphatic rings. The molecular weight excluding hydrogens is 629 g/mol. The van der Waals surface area contributed by atoms with E-state index in [1.807, 2.05) is 0 Å². The molecule has 0 saturated heterocycles. The molecule has 2 aromatic rings. The van der Waals surface area contributed by atoms with Gasteiger partial charge in [0.2, 0.25) is 0 Å². The fourth-order valence-electron chi connectivity index (χ4n) is 9.63. The molecule has 0 heterocycles. The molecule has 266 valence electrons. The fraction of sp³-hybridized carbons (Fsp3) is 0.714. The van der Waals surface area contributed by atoms with Crippen molar-refractivity contribution in [3.63, 3.8) is 0 Å². The quantitative estimate of drug-likeness (QED) is 0.141. The van der Waals surface area contributed by atoms with E-state index in [-0.39, 0.29) is 18.6 Å². The van der Waals surface area contributed by atoms with Crippen LogP contribution in [-0.4, -0.2) is 57.5 Å². The maximum Gasteiger partial charge on any atom is 0.0617 e. The molecule has 4 aliphatic carbocycles. The van der Waals surface area contributed by atoms with E-state index in [0.717, 1.165) is 49.7 Å². The molecule has 0 aliphatic heterocycles. The lowest BCUT2D eigenvalue weighted by Crippen LogP contribution is -2.54. The van der Waals surface area contributed by atoms with E-state index in [4.69, 9.17) is 11.5 Å². The van der Waals surface area contributed by atoms with Crippen molar-refractivity contribution >= 4 is 23.5 Å². The van der Waals surface area contributed by atoms with Crippen LogP contribution in [0.15, 0.2) is 36.4 Å². The van der Waals surface area contributed by atoms with Gasteiger partial charge in [0, 0.05) is 16.8 Å². The average Bonchev–Trinajstić information content (AvgIpc) is 3.63. The molecule has 2 saturated carbocycles. The van der Waals surface area contributed by atoms with Gasteiger partial charge in [0.1, 0.15) is 0 Å². The highest BCUT2D eigenvalue weighted by Crippen LogP contribution is 2.53. The Hall–Kier alpha value is -1.02. The summed E-state index contributed by atoms with van der Waals surface area (Å²) in [5.74, 6) is 7.31. The Labute approximate surface area is 300 Å². The van der Waals surface area contributed by atoms with Gasteiger partial charge in [0.25, 0.3) is 0 Å². The summed E-state index contributed by atoms with van der Waals surface area (Å²) >= 11 is 4.24. The van der Waals surface area contributed by atoms with Gasteiger partial charge in [-0.3, -0.25) is 0 Å². The number of hydrogen-bond acceptors (Lipinski definition) is 6. The second-order valence-electron chi connectivity index (χ2n) is 16.8. The predicted octanol–water partition coefficient (Wildman–Crippen LogP) is 8.17. The van der Waals surface area contributed by atoms with E-state index in [2.05, 4.69) is 73.8 Å². The summed E-state index contributed by atoms with van der Waals surface area (Å²) in [6, 6.07) is 14.5. The van der Waals surface area contributed by atoms with Crippen LogP contribution in [0.25, 0.3) is 0 Å². The van der Waals surface area contributed by atoms with E-state index in [1.54, 1.807) is 11.1 Å². The summed E-state index contributed by atoms with van der Waals surface area (Å²) in [4.78, 5) is 0. The predicted molar refractivity (Wildman–Crippen MR) is 207 cm³/mol. The molecule has 7 atom stereocenters. The summed E-state index contributed by atoms with van der Waals surface area (Å²) in [6.07, 6.45) is 17.5. The Morgan fingerprint density at radius 1 is 0.750 bits per heavy atom. The van der Waals surface area contributed by atoms with Crippen LogP contribution in [0.1, 0.15) is 130 Å². The number of aliphatic hydroxyl groups is 2. The van der Waals surface area contributed by atoms with Crippen LogP contribution in [0.2, 0.25) is 0 Å². The summed E-state index contributed by atoms with van der Waals surface area (Å²) in [5, 5.41) is 20.3. The lowest BCUT2D eigenvalue weighted by atomic mass is 9.76. The lowest BCUT2D eigenvalue weighted by Gasteiger charge is -2.39. The van der Waals surface area contributed by atoms with Crippen LogP contribution in [0.3, 0.4) is 0 Å². The molecule has 6 heteroatoms. The third-order valence-corrected chi connectivity index (χ3v) is 15.8. The highest BCUT2D eigenvalue weighted by atomic mass is 32.2. The van der Waals surface area contributed by atoms with E-state index in [0.29, 0.717) is 11.8 Å². The van der Waals surface area contributed by atoms with Crippen LogP contribution >= 0.6 is 23.5 Å². The van der Waals surface area contributed by atoms with Gasteiger partial charge in [0.15, 0.2) is 0 Å². The molecule has 0 spiro atoms. The maximum absolute atomic E-state index is 10.6. The van der Waals surface area contributed by atoms with E-state index >= 15 is 0 Å². The van der Waals surface area contributed by atoms with Gasteiger partial charge >= 0.3 is 0 Å². The number of aryl methyl sites for hydroxylation is 2. The molecule has 0 aromatic heterocycles. The van der Waals surface area contributed by atoms with E-state index < -0.39 is 11.1 Å². The van der Waals surface area contributed by atoms with Crippen LogP contribution in [0.4, 0.5) is 0 Å². The first-order valence-corrected chi connectivity index (χ1v) is 21.7. The molecule has 6 rings (SSSR count). The molecule has 4 nitrogen and oxygen atoms in total. The average molecular weight is 693 g/mol. The number of benzene rings is 2. The molecule has 0 radical (unpaired) electrons. The Morgan fingerprint density at radius 2 is 1.44 bits per heavy atom. The highest BCUT2D eigenvalue weighted by Gasteiger charge is 2.53. The third-order valence-electron chi connectivity index (χ3n) is 13.2. The van der Waals surface area contributed by atoms with Crippen molar-refractivity contribution in [3.05, 3.63) is 69.8 Å². The largest absolute Gasteiger partial charge is 0.394 e. The summed E-state index contributed by atoms with van der Waals surface area (Å²) in [7, 11) is 0. The topological polar surface area (TPSA) is 92.5 Å². The van der Waals surface area contributed by atoms with E-state index in [9.17, 15) is 10.2 Å². The molecular formula is C42H64N2O2S2. The van der Waals surface area contributed by atoms with Crippen molar-refractivity contribution in [1.82, 2.24) is 0 Å². The Morgan fingerprint density at radius 3 is 2.10 bits per heavy atom. The van der Waals surface area contributed by atoms with Crippen molar-refractivity contribution in [3.8, 4) is 0 Å². The maximum atomic E-state index is 10.6. The summed E-state index contributed by atoms with van der Waals surface area (Å²) in [5.41, 5.74) is 21.5. The highest BCUT2D eigenvalue weighted by molar-refractivity contribution is 7.99. The molecule has 6 N–H and O–H groups in total. The van der Waals surface area contributed by atoms with Crippen LogP contribution in [-0.2, 0) is 25.7 Å². The second-order valence-corrected chi connectivity index (χ2v) is 19.1. The SMILES string of the molecule is CCCCCSC[C@@H]1CCc2cc([C@H]3CC(C)(CSCC[C@H]4CCc5cc([C@H]6CC[C@](N)(CO)C6)ccc5C4)[C@](N)(CO)C3)ccc2C1. The van der Waals surface area contributed by atoms with E-state index in [1.165, 1.54) is 104 Å². The zero-order valence-electron chi connectivity index (χ0n) is 30.0. The number of fused-ring (bicyclic) bond motifs is 2. The normalized spacial score (nSPS) is 33.1. The van der Waals surface area contributed by atoms with Gasteiger partial charge in [0.05, 0.1) is 13.2 Å². The van der Waals surface area contributed by atoms with Crippen molar-refractivity contribution in [2.45, 2.75) is 133 Å². The Kier molecular flexibility index (Phi) is 12.3.